The average Bonchev–Trinajstić information content (AvgIpc) is 3.08. The first kappa shape index (κ1) is 21.2. The fourth-order valence-electron chi connectivity index (χ4n) is 2.54. The molecule has 3 aromatic rings. The molecule has 0 aliphatic rings. The highest BCUT2D eigenvalue weighted by Gasteiger charge is 2.18. The monoisotopic (exact) mass is 445 g/mol. The smallest absolute Gasteiger partial charge is 0.325 e. The summed E-state index contributed by atoms with van der Waals surface area (Å²) < 4.78 is 10.2. The van der Waals surface area contributed by atoms with E-state index in [1.54, 1.807) is 24.3 Å². The van der Waals surface area contributed by atoms with Crippen LogP contribution < -0.4 is 10.6 Å². The Balaban J connectivity index is 1.52. The van der Waals surface area contributed by atoms with Crippen LogP contribution >= 0.6 is 23.2 Å². The lowest BCUT2D eigenvalue weighted by molar-refractivity contribution is -0.146. The van der Waals surface area contributed by atoms with Gasteiger partial charge in [-0.25, -0.2) is 0 Å². The molecular formula is C20H13Cl2N3O5. The molecule has 0 bridgehead atoms. The fourth-order valence-corrected chi connectivity index (χ4v) is 3.04. The predicted octanol–water partition coefficient (Wildman–Crippen LogP) is 3.52. The lowest BCUT2D eigenvalue weighted by Gasteiger charge is -2.08. The van der Waals surface area contributed by atoms with Gasteiger partial charge in [-0.3, -0.25) is 14.4 Å². The van der Waals surface area contributed by atoms with Gasteiger partial charge in [0.15, 0.2) is 6.61 Å². The number of nitrogens with zero attached hydrogens (tertiary/aromatic N) is 1. The summed E-state index contributed by atoms with van der Waals surface area (Å²) in [5, 5.41) is 15.0. The second-order valence-corrected chi connectivity index (χ2v) is 6.77. The summed E-state index contributed by atoms with van der Waals surface area (Å²) in [6.07, 6.45) is 0. The zero-order chi connectivity index (χ0) is 21.7. The lowest BCUT2D eigenvalue weighted by atomic mass is 10.2. The summed E-state index contributed by atoms with van der Waals surface area (Å²) in [6.45, 7) is -1.08. The quantitative estimate of drug-likeness (QED) is 0.559. The van der Waals surface area contributed by atoms with Crippen LogP contribution in [-0.4, -0.2) is 30.9 Å². The van der Waals surface area contributed by atoms with Gasteiger partial charge in [0.1, 0.15) is 23.9 Å². The average molecular weight is 446 g/mol. The number of carbonyl (C=O) groups is 3. The number of fused-ring (bicyclic) bond motifs is 1. The maximum absolute atomic E-state index is 12.1. The molecule has 0 saturated carbocycles. The molecule has 0 fully saturated rings. The number of esters is 1. The number of amides is 2. The third kappa shape index (κ3) is 4.89. The molecule has 30 heavy (non-hydrogen) atoms. The molecule has 0 aliphatic heterocycles. The number of ether oxygens (including phenoxy) is 1. The first-order chi connectivity index (χ1) is 14.4. The van der Waals surface area contributed by atoms with Crippen molar-refractivity contribution in [1.82, 2.24) is 5.32 Å². The van der Waals surface area contributed by atoms with Gasteiger partial charge in [-0.2, -0.15) is 5.26 Å². The van der Waals surface area contributed by atoms with Crippen molar-refractivity contribution in [3.63, 3.8) is 0 Å². The van der Waals surface area contributed by atoms with Crippen LogP contribution in [0.3, 0.4) is 0 Å². The van der Waals surface area contributed by atoms with Gasteiger partial charge in [0, 0.05) is 10.4 Å². The third-order valence-corrected chi connectivity index (χ3v) is 4.44. The highest BCUT2D eigenvalue weighted by molar-refractivity contribution is 6.36. The van der Waals surface area contributed by atoms with Crippen LogP contribution in [0.2, 0.25) is 10.0 Å². The minimum atomic E-state index is -0.832. The van der Waals surface area contributed by atoms with Crippen LogP contribution in [0, 0.1) is 11.3 Å². The standard InChI is InChI=1S/C20H13Cl2N3O5/c21-11-5-6-12(14(22)7-11)20(28)24-9-18(27)29-10-17(26)25-19-13-3-1-2-4-15(13)30-16(19)8-23/h1-7H,9-10H2,(H,24,28)(H,25,26). The molecule has 152 valence electrons. The van der Waals surface area contributed by atoms with Gasteiger partial charge in [0.05, 0.1) is 10.6 Å². The highest BCUT2D eigenvalue weighted by atomic mass is 35.5. The Morgan fingerprint density at radius 3 is 2.63 bits per heavy atom. The molecule has 0 unspecified atom stereocenters. The van der Waals surface area contributed by atoms with E-state index >= 15 is 0 Å². The van der Waals surface area contributed by atoms with Gasteiger partial charge in [-0.1, -0.05) is 35.3 Å². The van der Waals surface area contributed by atoms with E-state index in [1.165, 1.54) is 18.2 Å². The molecule has 0 atom stereocenters. The van der Waals surface area contributed by atoms with Crippen molar-refractivity contribution in [2.24, 2.45) is 0 Å². The maximum Gasteiger partial charge on any atom is 0.325 e. The molecule has 2 amide bonds. The van der Waals surface area contributed by atoms with Crippen molar-refractivity contribution in [3.05, 3.63) is 63.8 Å². The SMILES string of the molecule is N#Cc1oc2ccccc2c1NC(=O)COC(=O)CNC(=O)c1ccc(Cl)cc1Cl. The third-order valence-electron chi connectivity index (χ3n) is 3.89. The molecule has 1 aromatic heterocycles. The molecule has 2 N–H and O–H groups in total. The van der Waals surface area contributed by atoms with Gasteiger partial charge in [-0.15, -0.1) is 0 Å². The topological polar surface area (TPSA) is 121 Å². The Kier molecular flexibility index (Phi) is 6.57. The number of carbonyl (C=O) groups excluding carboxylic acids is 3. The van der Waals surface area contributed by atoms with Crippen molar-refractivity contribution >= 4 is 57.6 Å². The molecular weight excluding hydrogens is 433 g/mol. The van der Waals surface area contributed by atoms with E-state index in [2.05, 4.69) is 10.6 Å². The van der Waals surface area contributed by atoms with Crippen LogP contribution in [0.5, 0.6) is 0 Å². The maximum atomic E-state index is 12.1. The van der Waals surface area contributed by atoms with E-state index in [9.17, 15) is 14.4 Å². The van der Waals surface area contributed by atoms with Crippen molar-refractivity contribution in [2.75, 3.05) is 18.5 Å². The van der Waals surface area contributed by atoms with Crippen LogP contribution in [0.4, 0.5) is 5.69 Å². The highest BCUT2D eigenvalue weighted by Crippen LogP contribution is 2.30. The lowest BCUT2D eigenvalue weighted by Crippen LogP contribution is -2.32. The van der Waals surface area contributed by atoms with Crippen LogP contribution in [0.1, 0.15) is 16.1 Å². The number of para-hydroxylation sites is 1. The number of benzene rings is 2. The molecule has 0 spiro atoms. The van der Waals surface area contributed by atoms with E-state index in [-0.39, 0.29) is 22.0 Å². The molecule has 0 saturated heterocycles. The first-order valence-electron chi connectivity index (χ1n) is 8.49. The van der Waals surface area contributed by atoms with Crippen LogP contribution in [-0.2, 0) is 14.3 Å². The molecule has 0 aliphatic carbocycles. The second kappa shape index (κ2) is 9.31. The van der Waals surface area contributed by atoms with E-state index in [4.69, 9.17) is 37.6 Å². The minimum absolute atomic E-state index is 0.0667. The van der Waals surface area contributed by atoms with Gasteiger partial charge in [0.25, 0.3) is 11.8 Å². The summed E-state index contributed by atoms with van der Waals surface area (Å²) in [7, 11) is 0. The molecule has 10 heteroatoms. The number of hydrogen-bond acceptors (Lipinski definition) is 6. The Labute approximate surface area is 180 Å². The molecule has 0 radical (unpaired) electrons. The predicted molar refractivity (Wildman–Crippen MR) is 109 cm³/mol. The summed E-state index contributed by atoms with van der Waals surface area (Å²) in [6, 6.07) is 12.9. The van der Waals surface area contributed by atoms with Gasteiger partial charge >= 0.3 is 5.97 Å². The largest absolute Gasteiger partial charge is 0.454 e. The molecule has 3 rings (SSSR count). The first-order valence-corrected chi connectivity index (χ1v) is 9.25. The zero-order valence-electron chi connectivity index (χ0n) is 15.2. The number of furan rings is 1. The number of nitriles is 1. The fraction of sp³-hybridized carbons (Fsp3) is 0.100. The Hall–Kier alpha value is -3.54. The van der Waals surface area contributed by atoms with Crippen LogP contribution in [0.25, 0.3) is 11.0 Å². The van der Waals surface area contributed by atoms with E-state index in [0.717, 1.165) is 0 Å². The molecule has 8 nitrogen and oxygen atoms in total. The van der Waals surface area contributed by atoms with Crippen molar-refractivity contribution < 1.29 is 23.5 Å². The van der Waals surface area contributed by atoms with Crippen LogP contribution in [0.15, 0.2) is 46.9 Å². The van der Waals surface area contributed by atoms with Crippen molar-refractivity contribution in [3.8, 4) is 6.07 Å². The van der Waals surface area contributed by atoms with Crippen molar-refractivity contribution in [1.29, 1.82) is 5.26 Å². The molecule has 2 aromatic carbocycles. The number of hydrogen-bond donors (Lipinski definition) is 2. The van der Waals surface area contributed by atoms with Gasteiger partial charge < -0.3 is 19.8 Å². The van der Waals surface area contributed by atoms with Crippen molar-refractivity contribution in [2.45, 2.75) is 0 Å². The van der Waals surface area contributed by atoms with E-state index < -0.39 is 30.9 Å². The minimum Gasteiger partial charge on any atom is -0.454 e. The van der Waals surface area contributed by atoms with Gasteiger partial charge in [-0.05, 0) is 30.3 Å². The summed E-state index contributed by atoms with van der Waals surface area (Å²) in [5.74, 6) is -2.16. The Bertz CT molecular complexity index is 1180. The molecule has 1 heterocycles. The summed E-state index contributed by atoms with van der Waals surface area (Å²) in [4.78, 5) is 36.0. The summed E-state index contributed by atoms with van der Waals surface area (Å²) in [5.41, 5.74) is 0.771. The van der Waals surface area contributed by atoms with Gasteiger partial charge in [0.2, 0.25) is 5.76 Å². The van der Waals surface area contributed by atoms with E-state index in [0.29, 0.717) is 16.0 Å². The summed E-state index contributed by atoms with van der Waals surface area (Å²) >= 11 is 11.7. The Morgan fingerprint density at radius 1 is 1.13 bits per heavy atom. The normalized spacial score (nSPS) is 10.3. The second-order valence-electron chi connectivity index (χ2n) is 5.93. The Morgan fingerprint density at radius 2 is 1.90 bits per heavy atom. The zero-order valence-corrected chi connectivity index (χ0v) is 16.7. The number of rotatable bonds is 6. The number of nitrogens with one attached hydrogen (secondary N) is 2. The number of halogens is 2. The number of anilines is 1. The van der Waals surface area contributed by atoms with E-state index in [1.807, 2.05) is 6.07 Å².